The minimum absolute atomic E-state index is 0.149. The van der Waals surface area contributed by atoms with Crippen molar-refractivity contribution < 1.29 is 9.59 Å². The van der Waals surface area contributed by atoms with Crippen molar-refractivity contribution in [2.45, 2.75) is 6.92 Å². The fourth-order valence-corrected chi connectivity index (χ4v) is 2.71. The molecule has 1 aromatic heterocycles. The molecule has 0 bridgehead atoms. The van der Waals surface area contributed by atoms with Gasteiger partial charge in [0.25, 0.3) is 11.8 Å². The van der Waals surface area contributed by atoms with Gasteiger partial charge in [-0.15, -0.1) is 0 Å². The van der Waals surface area contributed by atoms with Crippen LogP contribution in [-0.2, 0) is 7.05 Å². The minimum Gasteiger partial charge on any atom is -0.321 e. The molecule has 0 radical (unpaired) electrons. The molecule has 2 aromatic carbocycles. The number of para-hydroxylation sites is 1. The molecular formula is C20H20N4O2. The second-order valence-corrected chi connectivity index (χ2v) is 6.03. The van der Waals surface area contributed by atoms with Gasteiger partial charge in [-0.2, -0.15) is 5.10 Å². The van der Waals surface area contributed by atoms with E-state index in [0.29, 0.717) is 16.9 Å². The van der Waals surface area contributed by atoms with Crippen molar-refractivity contribution in [3.05, 3.63) is 77.6 Å². The van der Waals surface area contributed by atoms with Crippen molar-refractivity contribution in [1.29, 1.82) is 0 Å². The van der Waals surface area contributed by atoms with E-state index >= 15 is 0 Å². The number of carbonyl (C=O) groups excluding carboxylic acids is 2. The fourth-order valence-electron chi connectivity index (χ4n) is 2.71. The smallest absolute Gasteiger partial charge is 0.273 e. The second-order valence-electron chi connectivity index (χ2n) is 6.03. The molecule has 0 aliphatic rings. The zero-order chi connectivity index (χ0) is 18.7. The summed E-state index contributed by atoms with van der Waals surface area (Å²) in [6.45, 7) is 1.83. The van der Waals surface area contributed by atoms with Gasteiger partial charge in [0, 0.05) is 31.0 Å². The summed E-state index contributed by atoms with van der Waals surface area (Å²) in [7, 11) is 3.44. The Morgan fingerprint density at radius 1 is 1.04 bits per heavy atom. The normalized spacial score (nSPS) is 10.4. The summed E-state index contributed by atoms with van der Waals surface area (Å²) >= 11 is 0. The van der Waals surface area contributed by atoms with Crippen LogP contribution in [0.3, 0.4) is 0 Å². The summed E-state index contributed by atoms with van der Waals surface area (Å²) in [6.07, 6.45) is 0. The highest BCUT2D eigenvalue weighted by molar-refractivity contribution is 6.07. The number of carbonyl (C=O) groups is 2. The third-order valence-corrected chi connectivity index (χ3v) is 4.05. The summed E-state index contributed by atoms with van der Waals surface area (Å²) < 4.78 is 1.53. The molecule has 6 heteroatoms. The van der Waals surface area contributed by atoms with Gasteiger partial charge in [0.2, 0.25) is 0 Å². The van der Waals surface area contributed by atoms with Gasteiger partial charge in [0.15, 0.2) is 0 Å². The van der Waals surface area contributed by atoms with Crippen LogP contribution in [0.5, 0.6) is 0 Å². The molecule has 6 nitrogen and oxygen atoms in total. The topological polar surface area (TPSA) is 67.2 Å². The Bertz CT molecular complexity index is 947. The number of amides is 2. The lowest BCUT2D eigenvalue weighted by Crippen LogP contribution is -2.26. The molecule has 0 aliphatic heterocycles. The van der Waals surface area contributed by atoms with E-state index < -0.39 is 0 Å². The third kappa shape index (κ3) is 3.64. The summed E-state index contributed by atoms with van der Waals surface area (Å²) in [4.78, 5) is 26.7. The van der Waals surface area contributed by atoms with Crippen molar-refractivity contribution in [2.24, 2.45) is 7.05 Å². The van der Waals surface area contributed by atoms with E-state index in [1.54, 1.807) is 49.3 Å². The maximum absolute atomic E-state index is 12.7. The number of benzene rings is 2. The van der Waals surface area contributed by atoms with Crippen LogP contribution in [0.25, 0.3) is 0 Å². The lowest BCUT2D eigenvalue weighted by atomic mass is 10.1. The van der Waals surface area contributed by atoms with Gasteiger partial charge in [-0.1, -0.05) is 24.3 Å². The first-order valence-corrected chi connectivity index (χ1v) is 8.21. The summed E-state index contributed by atoms with van der Waals surface area (Å²) in [5.41, 5.74) is 3.08. The Hall–Kier alpha value is -3.41. The Labute approximate surface area is 152 Å². The molecule has 0 aliphatic carbocycles. The molecule has 2 amide bonds. The van der Waals surface area contributed by atoms with Gasteiger partial charge >= 0.3 is 0 Å². The van der Waals surface area contributed by atoms with E-state index in [-0.39, 0.29) is 11.8 Å². The molecule has 0 saturated heterocycles. The van der Waals surface area contributed by atoms with E-state index in [1.807, 2.05) is 37.3 Å². The van der Waals surface area contributed by atoms with Crippen molar-refractivity contribution in [3.63, 3.8) is 0 Å². The van der Waals surface area contributed by atoms with Crippen molar-refractivity contribution in [1.82, 2.24) is 9.78 Å². The monoisotopic (exact) mass is 348 g/mol. The highest BCUT2D eigenvalue weighted by Gasteiger charge is 2.16. The quantitative estimate of drug-likeness (QED) is 0.787. The highest BCUT2D eigenvalue weighted by atomic mass is 16.2. The van der Waals surface area contributed by atoms with Crippen LogP contribution in [0, 0.1) is 6.92 Å². The summed E-state index contributed by atoms with van der Waals surface area (Å²) in [5.74, 6) is -0.419. The largest absolute Gasteiger partial charge is 0.321 e. The van der Waals surface area contributed by atoms with Gasteiger partial charge < -0.3 is 10.2 Å². The molecule has 0 saturated carbocycles. The van der Waals surface area contributed by atoms with Crippen LogP contribution < -0.4 is 10.2 Å². The first kappa shape index (κ1) is 17.4. The molecular weight excluding hydrogens is 328 g/mol. The molecule has 3 aromatic rings. The number of aryl methyl sites for hydroxylation is 2. The number of hydrogen-bond donors (Lipinski definition) is 1. The zero-order valence-corrected chi connectivity index (χ0v) is 14.9. The van der Waals surface area contributed by atoms with E-state index in [9.17, 15) is 9.59 Å². The molecule has 0 atom stereocenters. The maximum atomic E-state index is 12.7. The van der Waals surface area contributed by atoms with Gasteiger partial charge in [0.05, 0.1) is 5.69 Å². The van der Waals surface area contributed by atoms with Crippen LogP contribution in [0.15, 0.2) is 60.7 Å². The Balaban J connectivity index is 1.79. The van der Waals surface area contributed by atoms with Crippen molar-refractivity contribution >= 4 is 23.2 Å². The molecule has 1 heterocycles. The summed E-state index contributed by atoms with van der Waals surface area (Å²) in [6, 6.07) is 18.0. The molecule has 3 rings (SSSR count). The predicted molar refractivity (Wildman–Crippen MR) is 102 cm³/mol. The summed E-state index contributed by atoms with van der Waals surface area (Å²) in [5, 5.41) is 6.99. The Kier molecular flexibility index (Phi) is 4.84. The minimum atomic E-state index is -0.269. The van der Waals surface area contributed by atoms with Crippen LogP contribution in [0.2, 0.25) is 0 Å². The number of rotatable bonds is 4. The van der Waals surface area contributed by atoms with E-state index in [2.05, 4.69) is 10.4 Å². The molecule has 1 N–H and O–H groups in total. The predicted octanol–water partition coefficient (Wildman–Crippen LogP) is 3.26. The van der Waals surface area contributed by atoms with Gasteiger partial charge in [0.1, 0.15) is 5.69 Å². The molecule has 0 fully saturated rings. The molecule has 0 unspecified atom stereocenters. The number of anilines is 2. The van der Waals surface area contributed by atoms with Crippen LogP contribution >= 0.6 is 0 Å². The molecule has 132 valence electrons. The SMILES string of the molecule is Cc1cc(C(=O)Nc2cccc(C(=O)N(C)c3ccccc3)c2)n(C)n1. The zero-order valence-electron chi connectivity index (χ0n) is 14.9. The van der Waals surface area contributed by atoms with Gasteiger partial charge in [-0.3, -0.25) is 14.3 Å². The van der Waals surface area contributed by atoms with Crippen LogP contribution in [0.4, 0.5) is 11.4 Å². The lowest BCUT2D eigenvalue weighted by Gasteiger charge is -2.17. The average molecular weight is 348 g/mol. The maximum Gasteiger partial charge on any atom is 0.273 e. The van der Waals surface area contributed by atoms with E-state index in [0.717, 1.165) is 11.4 Å². The highest BCUT2D eigenvalue weighted by Crippen LogP contribution is 2.18. The van der Waals surface area contributed by atoms with Gasteiger partial charge in [-0.05, 0) is 43.3 Å². The van der Waals surface area contributed by atoms with E-state index in [1.165, 1.54) is 4.68 Å². The number of aromatic nitrogens is 2. The first-order valence-electron chi connectivity index (χ1n) is 8.21. The first-order chi connectivity index (χ1) is 12.5. The number of nitrogens with zero attached hydrogens (tertiary/aromatic N) is 3. The average Bonchev–Trinajstić information content (AvgIpc) is 2.99. The second kappa shape index (κ2) is 7.23. The third-order valence-electron chi connectivity index (χ3n) is 4.05. The Morgan fingerprint density at radius 3 is 2.42 bits per heavy atom. The lowest BCUT2D eigenvalue weighted by molar-refractivity contribution is 0.0989. The fraction of sp³-hybridized carbons (Fsp3) is 0.150. The van der Waals surface area contributed by atoms with E-state index in [4.69, 9.17) is 0 Å². The number of hydrogen-bond acceptors (Lipinski definition) is 3. The van der Waals surface area contributed by atoms with Crippen LogP contribution in [-0.4, -0.2) is 28.6 Å². The standard InChI is InChI=1S/C20H20N4O2/c1-14-12-18(24(3)22-14)19(25)21-16-9-7-8-15(13-16)20(26)23(2)17-10-5-4-6-11-17/h4-13H,1-3H3,(H,21,25). The molecule has 26 heavy (non-hydrogen) atoms. The molecule has 0 spiro atoms. The number of nitrogens with one attached hydrogen (secondary N) is 1. The van der Waals surface area contributed by atoms with Gasteiger partial charge in [-0.25, -0.2) is 0 Å². The van der Waals surface area contributed by atoms with Crippen molar-refractivity contribution in [3.8, 4) is 0 Å². The van der Waals surface area contributed by atoms with Crippen molar-refractivity contribution in [2.75, 3.05) is 17.3 Å². The Morgan fingerprint density at radius 2 is 1.77 bits per heavy atom. The van der Waals surface area contributed by atoms with Crippen LogP contribution in [0.1, 0.15) is 26.5 Å².